The third-order valence-corrected chi connectivity index (χ3v) is 6.45. The molecular formula is C20H21FN2O4S. The highest BCUT2D eigenvalue weighted by atomic mass is 32.2. The van der Waals surface area contributed by atoms with Crippen LogP contribution in [0.5, 0.6) is 5.75 Å². The van der Waals surface area contributed by atoms with Gasteiger partial charge in [-0.1, -0.05) is 24.3 Å². The van der Waals surface area contributed by atoms with Crippen molar-refractivity contribution in [2.75, 3.05) is 33.3 Å². The fourth-order valence-electron chi connectivity index (χ4n) is 2.96. The van der Waals surface area contributed by atoms with Crippen molar-refractivity contribution >= 4 is 22.0 Å². The van der Waals surface area contributed by atoms with E-state index in [1.807, 2.05) is 24.3 Å². The Hall–Kier alpha value is -2.71. The summed E-state index contributed by atoms with van der Waals surface area (Å²) in [7, 11) is -2.34. The zero-order valence-corrected chi connectivity index (χ0v) is 16.2. The van der Waals surface area contributed by atoms with Crippen LogP contribution in [0.4, 0.5) is 4.39 Å². The monoisotopic (exact) mass is 404 g/mol. The summed E-state index contributed by atoms with van der Waals surface area (Å²) in [6.45, 7) is 0.731. The average molecular weight is 404 g/mol. The van der Waals surface area contributed by atoms with Gasteiger partial charge in [0.2, 0.25) is 15.9 Å². The fourth-order valence-corrected chi connectivity index (χ4v) is 4.45. The molecule has 0 N–H and O–H groups in total. The van der Waals surface area contributed by atoms with Crippen molar-refractivity contribution in [2.24, 2.45) is 0 Å². The van der Waals surface area contributed by atoms with Gasteiger partial charge in [-0.25, -0.2) is 12.8 Å². The Bertz CT molecular complexity index is 983. The lowest BCUT2D eigenvalue weighted by molar-refractivity contribution is -0.127. The van der Waals surface area contributed by atoms with Crippen LogP contribution >= 0.6 is 0 Å². The summed E-state index contributed by atoms with van der Waals surface area (Å²) in [5, 5.41) is 0. The number of hydrogen-bond donors (Lipinski definition) is 0. The molecule has 6 nitrogen and oxygen atoms in total. The van der Waals surface area contributed by atoms with E-state index in [9.17, 15) is 17.6 Å². The number of carbonyl (C=O) groups excluding carboxylic acids is 1. The predicted octanol–water partition coefficient (Wildman–Crippen LogP) is 2.38. The van der Waals surface area contributed by atoms with Gasteiger partial charge in [-0.05, 0) is 35.9 Å². The third-order valence-electron chi connectivity index (χ3n) is 4.52. The van der Waals surface area contributed by atoms with Crippen molar-refractivity contribution in [1.29, 1.82) is 0 Å². The Morgan fingerprint density at radius 3 is 2.46 bits per heavy atom. The number of benzene rings is 2. The number of sulfonamides is 1. The second-order valence-electron chi connectivity index (χ2n) is 6.27. The van der Waals surface area contributed by atoms with Crippen LogP contribution in [0.25, 0.3) is 6.08 Å². The van der Waals surface area contributed by atoms with Gasteiger partial charge in [-0.15, -0.1) is 0 Å². The highest BCUT2D eigenvalue weighted by Gasteiger charge is 2.31. The molecule has 1 aliphatic heterocycles. The first-order chi connectivity index (χ1) is 13.4. The third kappa shape index (κ3) is 4.40. The van der Waals surface area contributed by atoms with E-state index in [4.69, 9.17) is 4.74 Å². The van der Waals surface area contributed by atoms with E-state index in [1.54, 1.807) is 18.1 Å². The van der Waals surface area contributed by atoms with Gasteiger partial charge in [-0.3, -0.25) is 4.79 Å². The van der Waals surface area contributed by atoms with E-state index >= 15 is 0 Å². The second kappa shape index (κ2) is 8.53. The standard InChI is InChI=1S/C20H21FN2O4S/c1-27-17-6-4-5-16(15-17)9-10-20(24)22-11-13-23(14-12-22)28(25,26)19-8-3-2-7-18(19)21/h2-10,15H,11-14H2,1H3/b10-9+. The second-order valence-corrected chi connectivity index (χ2v) is 8.18. The van der Waals surface area contributed by atoms with Gasteiger partial charge in [0, 0.05) is 32.3 Å². The summed E-state index contributed by atoms with van der Waals surface area (Å²) in [6, 6.07) is 12.6. The quantitative estimate of drug-likeness (QED) is 0.718. The number of methoxy groups -OCH3 is 1. The zero-order chi connectivity index (χ0) is 20.1. The van der Waals surface area contributed by atoms with Gasteiger partial charge in [0.1, 0.15) is 16.5 Å². The van der Waals surface area contributed by atoms with Crippen molar-refractivity contribution in [3.8, 4) is 5.75 Å². The molecule has 0 aliphatic carbocycles. The molecule has 0 radical (unpaired) electrons. The predicted molar refractivity (Wildman–Crippen MR) is 104 cm³/mol. The molecule has 28 heavy (non-hydrogen) atoms. The van der Waals surface area contributed by atoms with E-state index in [0.717, 1.165) is 11.6 Å². The van der Waals surface area contributed by atoms with Crippen molar-refractivity contribution < 1.29 is 22.3 Å². The van der Waals surface area contributed by atoms with Crippen LogP contribution in [0, 0.1) is 5.82 Å². The molecule has 0 saturated carbocycles. The van der Waals surface area contributed by atoms with Crippen LogP contribution < -0.4 is 4.74 Å². The van der Waals surface area contributed by atoms with Gasteiger partial charge < -0.3 is 9.64 Å². The molecule has 0 bridgehead atoms. The molecular weight excluding hydrogens is 383 g/mol. The van der Waals surface area contributed by atoms with Crippen molar-refractivity contribution in [3.05, 3.63) is 66.0 Å². The van der Waals surface area contributed by atoms with Gasteiger partial charge in [0.05, 0.1) is 7.11 Å². The molecule has 148 valence electrons. The Labute approximate surface area is 163 Å². The average Bonchev–Trinajstić information content (AvgIpc) is 2.72. The molecule has 1 saturated heterocycles. The van der Waals surface area contributed by atoms with Crippen LogP contribution in [0.3, 0.4) is 0 Å². The number of piperazine rings is 1. The summed E-state index contributed by atoms with van der Waals surface area (Å²) in [6.07, 6.45) is 3.14. The molecule has 1 heterocycles. The van der Waals surface area contributed by atoms with Gasteiger partial charge in [0.25, 0.3) is 0 Å². The highest BCUT2D eigenvalue weighted by Crippen LogP contribution is 2.20. The minimum absolute atomic E-state index is 0.120. The molecule has 0 atom stereocenters. The number of amides is 1. The lowest BCUT2D eigenvalue weighted by Gasteiger charge is -2.33. The van der Waals surface area contributed by atoms with Gasteiger partial charge >= 0.3 is 0 Å². The molecule has 3 rings (SSSR count). The Morgan fingerprint density at radius 1 is 1.07 bits per heavy atom. The van der Waals surface area contributed by atoms with E-state index < -0.39 is 15.8 Å². The van der Waals surface area contributed by atoms with E-state index in [-0.39, 0.29) is 37.0 Å². The number of hydrogen-bond acceptors (Lipinski definition) is 4. The summed E-state index contributed by atoms with van der Waals surface area (Å²) < 4.78 is 45.5. The molecule has 0 aromatic heterocycles. The smallest absolute Gasteiger partial charge is 0.246 e. The highest BCUT2D eigenvalue weighted by molar-refractivity contribution is 7.89. The fraction of sp³-hybridized carbons (Fsp3) is 0.250. The molecule has 2 aromatic carbocycles. The Balaban J connectivity index is 1.62. The molecule has 1 fully saturated rings. The van der Waals surface area contributed by atoms with Crippen molar-refractivity contribution in [1.82, 2.24) is 9.21 Å². The largest absolute Gasteiger partial charge is 0.497 e. The van der Waals surface area contributed by atoms with Crippen LogP contribution in [0.2, 0.25) is 0 Å². The van der Waals surface area contributed by atoms with Crippen molar-refractivity contribution in [3.63, 3.8) is 0 Å². The molecule has 2 aromatic rings. The van der Waals surface area contributed by atoms with Gasteiger partial charge in [-0.2, -0.15) is 4.31 Å². The Kier molecular flexibility index (Phi) is 6.11. The Morgan fingerprint density at radius 2 is 1.79 bits per heavy atom. The van der Waals surface area contributed by atoms with Crippen LogP contribution in [0.1, 0.15) is 5.56 Å². The maximum Gasteiger partial charge on any atom is 0.246 e. The first-order valence-corrected chi connectivity index (χ1v) is 10.2. The SMILES string of the molecule is COc1cccc(/C=C/C(=O)N2CCN(S(=O)(=O)c3ccccc3F)CC2)c1. The van der Waals surface area contributed by atoms with Crippen LogP contribution in [-0.2, 0) is 14.8 Å². The van der Waals surface area contributed by atoms with Crippen molar-refractivity contribution in [2.45, 2.75) is 4.90 Å². The first-order valence-electron chi connectivity index (χ1n) is 8.77. The number of rotatable bonds is 5. The lowest BCUT2D eigenvalue weighted by atomic mass is 10.2. The number of nitrogens with zero attached hydrogens (tertiary/aromatic N) is 2. The van der Waals surface area contributed by atoms with Gasteiger partial charge in [0.15, 0.2) is 0 Å². The van der Waals surface area contributed by atoms with E-state index in [0.29, 0.717) is 5.75 Å². The number of carbonyl (C=O) groups is 1. The summed E-state index contributed by atoms with van der Waals surface area (Å²) >= 11 is 0. The minimum atomic E-state index is -3.92. The van der Waals surface area contributed by atoms with Crippen LogP contribution in [0.15, 0.2) is 59.5 Å². The maximum atomic E-state index is 13.9. The molecule has 0 unspecified atom stereocenters. The van der Waals surface area contributed by atoms with Crippen LogP contribution in [-0.4, -0.2) is 56.8 Å². The molecule has 1 amide bonds. The zero-order valence-electron chi connectivity index (χ0n) is 15.4. The first kappa shape index (κ1) is 20.0. The van der Waals surface area contributed by atoms with E-state index in [1.165, 1.54) is 28.6 Å². The molecule has 0 spiro atoms. The molecule has 8 heteroatoms. The topological polar surface area (TPSA) is 66.9 Å². The minimum Gasteiger partial charge on any atom is -0.497 e. The normalized spacial score (nSPS) is 15.7. The number of halogens is 1. The molecule has 1 aliphatic rings. The lowest BCUT2D eigenvalue weighted by Crippen LogP contribution is -2.50. The summed E-state index contributed by atoms with van der Waals surface area (Å²) in [4.78, 5) is 13.6. The van der Waals surface area contributed by atoms with E-state index in [2.05, 4.69) is 0 Å². The summed E-state index contributed by atoms with van der Waals surface area (Å²) in [5.74, 6) is -0.283. The maximum absolute atomic E-state index is 13.9. The number of ether oxygens (including phenoxy) is 1. The summed E-state index contributed by atoms with van der Waals surface area (Å²) in [5.41, 5.74) is 0.827.